The van der Waals surface area contributed by atoms with E-state index in [-0.39, 0.29) is 18.2 Å². The number of methoxy groups -OCH3 is 1. The number of amides is 1. The van der Waals surface area contributed by atoms with Gasteiger partial charge >= 0.3 is 6.09 Å². The number of rotatable bonds is 6. The van der Waals surface area contributed by atoms with Gasteiger partial charge in [0.25, 0.3) is 0 Å². The smallest absolute Gasteiger partial charge is 0.410 e. The topological polar surface area (TPSA) is 54.0 Å². The van der Waals surface area contributed by atoms with E-state index >= 15 is 0 Å². The number of hydrogen-bond acceptors (Lipinski definition) is 5. The Hall–Kier alpha value is -1.79. The highest BCUT2D eigenvalue weighted by Gasteiger charge is 2.38. The minimum absolute atomic E-state index is 0.0885. The van der Waals surface area contributed by atoms with Crippen molar-refractivity contribution in [3.63, 3.8) is 0 Å². The molecule has 2 heterocycles. The molecule has 2 fully saturated rings. The SMILES string of the molecule is COc1ccc([C@H](NCC2CCN(C)CC2)[C@@H]2CCCN2C(=O)OC(C)(C)C)cc1. The molecule has 0 bridgehead atoms. The Balaban J connectivity index is 1.76. The molecule has 6 nitrogen and oxygen atoms in total. The summed E-state index contributed by atoms with van der Waals surface area (Å²) in [4.78, 5) is 17.2. The van der Waals surface area contributed by atoms with Gasteiger partial charge in [-0.2, -0.15) is 0 Å². The summed E-state index contributed by atoms with van der Waals surface area (Å²) >= 11 is 0. The average molecular weight is 418 g/mol. The zero-order valence-corrected chi connectivity index (χ0v) is 19.3. The van der Waals surface area contributed by atoms with E-state index in [1.807, 2.05) is 37.8 Å². The summed E-state index contributed by atoms with van der Waals surface area (Å²) in [5.74, 6) is 1.53. The van der Waals surface area contributed by atoms with Crippen molar-refractivity contribution in [2.75, 3.05) is 40.3 Å². The molecule has 30 heavy (non-hydrogen) atoms. The van der Waals surface area contributed by atoms with Crippen LogP contribution in [0.5, 0.6) is 5.75 Å². The van der Waals surface area contributed by atoms with Crippen molar-refractivity contribution in [2.45, 2.75) is 64.1 Å². The second kappa shape index (κ2) is 10.0. The first-order chi connectivity index (χ1) is 14.3. The Morgan fingerprint density at radius 3 is 2.40 bits per heavy atom. The largest absolute Gasteiger partial charge is 0.497 e. The van der Waals surface area contributed by atoms with Crippen LogP contribution in [-0.2, 0) is 4.74 Å². The molecule has 1 aromatic rings. The molecule has 1 N–H and O–H groups in total. The average Bonchev–Trinajstić information content (AvgIpc) is 3.18. The van der Waals surface area contributed by atoms with Crippen molar-refractivity contribution in [3.8, 4) is 5.75 Å². The van der Waals surface area contributed by atoms with Crippen LogP contribution in [0.2, 0.25) is 0 Å². The Bertz CT molecular complexity index is 678. The van der Waals surface area contributed by atoms with Crippen molar-refractivity contribution in [3.05, 3.63) is 29.8 Å². The molecule has 0 saturated carbocycles. The summed E-state index contributed by atoms with van der Waals surface area (Å²) in [5.41, 5.74) is 0.714. The fraction of sp³-hybridized carbons (Fsp3) is 0.708. The second-order valence-corrected chi connectivity index (χ2v) is 9.79. The summed E-state index contributed by atoms with van der Waals surface area (Å²) in [7, 11) is 3.88. The Kier molecular flexibility index (Phi) is 7.64. The van der Waals surface area contributed by atoms with Gasteiger partial charge in [0.1, 0.15) is 11.4 Å². The molecule has 1 aromatic carbocycles. The maximum atomic E-state index is 12.9. The molecular weight excluding hydrogens is 378 g/mol. The van der Waals surface area contributed by atoms with E-state index in [0.29, 0.717) is 5.92 Å². The lowest BCUT2D eigenvalue weighted by Gasteiger charge is -2.36. The molecule has 0 aromatic heterocycles. The van der Waals surface area contributed by atoms with Crippen molar-refractivity contribution in [2.24, 2.45) is 5.92 Å². The van der Waals surface area contributed by atoms with Crippen LogP contribution in [0.3, 0.4) is 0 Å². The van der Waals surface area contributed by atoms with Gasteiger partial charge in [-0.1, -0.05) is 12.1 Å². The number of nitrogens with zero attached hydrogens (tertiary/aromatic N) is 2. The lowest BCUT2D eigenvalue weighted by Crippen LogP contribution is -2.47. The summed E-state index contributed by atoms with van der Waals surface area (Å²) in [6.07, 6.45) is 4.23. The molecule has 2 aliphatic heterocycles. The van der Waals surface area contributed by atoms with Crippen LogP contribution < -0.4 is 10.1 Å². The standard InChI is InChI=1S/C24H39N3O3/c1-24(2,3)30-23(28)27-14-6-7-21(27)22(19-8-10-20(29-5)11-9-19)25-17-18-12-15-26(4)16-13-18/h8-11,18,21-22,25H,6-7,12-17H2,1-5H3/t21-,22-/m0/s1. The highest BCUT2D eigenvalue weighted by atomic mass is 16.6. The van der Waals surface area contributed by atoms with Gasteiger partial charge in [0.15, 0.2) is 0 Å². The van der Waals surface area contributed by atoms with Gasteiger partial charge in [-0.25, -0.2) is 4.79 Å². The van der Waals surface area contributed by atoms with Crippen molar-refractivity contribution in [1.29, 1.82) is 0 Å². The lowest BCUT2D eigenvalue weighted by molar-refractivity contribution is 0.0192. The zero-order valence-electron chi connectivity index (χ0n) is 19.3. The van der Waals surface area contributed by atoms with Gasteiger partial charge in [-0.3, -0.25) is 0 Å². The van der Waals surface area contributed by atoms with Crippen LogP contribution in [0.1, 0.15) is 58.1 Å². The van der Waals surface area contributed by atoms with Crippen LogP contribution in [0, 0.1) is 5.92 Å². The number of carbonyl (C=O) groups is 1. The lowest BCUT2D eigenvalue weighted by atomic mass is 9.93. The third-order valence-corrected chi connectivity index (χ3v) is 6.25. The van der Waals surface area contributed by atoms with Crippen LogP contribution in [0.4, 0.5) is 4.79 Å². The highest BCUT2D eigenvalue weighted by Crippen LogP contribution is 2.32. The maximum absolute atomic E-state index is 12.9. The van der Waals surface area contributed by atoms with Crippen LogP contribution in [-0.4, -0.2) is 67.9 Å². The third-order valence-electron chi connectivity index (χ3n) is 6.25. The third kappa shape index (κ3) is 6.11. The monoisotopic (exact) mass is 417 g/mol. The first-order valence-electron chi connectivity index (χ1n) is 11.3. The minimum Gasteiger partial charge on any atom is -0.497 e. The molecule has 6 heteroatoms. The van der Waals surface area contributed by atoms with Crippen LogP contribution in [0.15, 0.2) is 24.3 Å². The second-order valence-electron chi connectivity index (χ2n) is 9.79. The summed E-state index contributed by atoms with van der Waals surface area (Å²) < 4.78 is 11.1. The molecule has 0 spiro atoms. The van der Waals surface area contributed by atoms with E-state index in [1.54, 1.807) is 7.11 Å². The number of ether oxygens (including phenoxy) is 2. The first kappa shape index (κ1) is 22.9. The molecule has 0 aliphatic carbocycles. The quantitative estimate of drug-likeness (QED) is 0.756. The molecule has 3 rings (SSSR count). The summed E-state index contributed by atoms with van der Waals surface area (Å²) in [6.45, 7) is 9.82. The number of carbonyl (C=O) groups excluding carboxylic acids is 1. The van der Waals surface area contributed by atoms with Gasteiger partial charge in [0.2, 0.25) is 0 Å². The van der Waals surface area contributed by atoms with Gasteiger partial charge < -0.3 is 24.6 Å². The molecule has 0 radical (unpaired) electrons. The number of piperidine rings is 1. The Labute approximate surface area is 181 Å². The van der Waals surface area contributed by atoms with Gasteiger partial charge in [-0.15, -0.1) is 0 Å². The predicted octanol–water partition coefficient (Wildman–Crippen LogP) is 4.07. The van der Waals surface area contributed by atoms with Gasteiger partial charge in [0, 0.05) is 6.54 Å². The van der Waals surface area contributed by atoms with Crippen molar-refractivity contribution in [1.82, 2.24) is 15.1 Å². The number of hydrogen-bond donors (Lipinski definition) is 1. The highest BCUT2D eigenvalue weighted by molar-refractivity contribution is 5.69. The first-order valence-corrected chi connectivity index (χ1v) is 11.3. The molecule has 0 unspecified atom stereocenters. The van der Waals surface area contributed by atoms with E-state index in [2.05, 4.69) is 29.4 Å². The summed E-state index contributed by atoms with van der Waals surface area (Å²) in [6, 6.07) is 8.44. The predicted molar refractivity (Wildman–Crippen MR) is 120 cm³/mol. The van der Waals surface area contributed by atoms with Crippen LogP contribution in [0.25, 0.3) is 0 Å². The van der Waals surface area contributed by atoms with E-state index in [9.17, 15) is 4.79 Å². The van der Waals surface area contributed by atoms with Gasteiger partial charge in [0.05, 0.1) is 19.2 Å². The van der Waals surface area contributed by atoms with E-state index in [1.165, 1.54) is 18.4 Å². The Morgan fingerprint density at radius 2 is 1.80 bits per heavy atom. The Morgan fingerprint density at radius 1 is 1.13 bits per heavy atom. The number of benzene rings is 1. The van der Waals surface area contributed by atoms with Crippen molar-refractivity contribution < 1.29 is 14.3 Å². The molecule has 2 aliphatic rings. The zero-order chi connectivity index (χ0) is 21.7. The number of likely N-dealkylation sites (tertiary alicyclic amines) is 2. The summed E-state index contributed by atoms with van der Waals surface area (Å²) in [5, 5.41) is 3.84. The van der Waals surface area contributed by atoms with E-state index in [4.69, 9.17) is 9.47 Å². The number of nitrogens with one attached hydrogen (secondary N) is 1. The van der Waals surface area contributed by atoms with Crippen molar-refractivity contribution >= 4 is 6.09 Å². The molecule has 2 atom stereocenters. The molecular formula is C24H39N3O3. The van der Waals surface area contributed by atoms with E-state index < -0.39 is 5.60 Å². The molecule has 168 valence electrons. The fourth-order valence-electron chi connectivity index (χ4n) is 4.53. The molecule has 1 amide bonds. The minimum atomic E-state index is -0.485. The van der Waals surface area contributed by atoms with Crippen LogP contribution >= 0.6 is 0 Å². The normalized spacial score (nSPS) is 22.2. The fourth-order valence-corrected chi connectivity index (χ4v) is 4.53. The van der Waals surface area contributed by atoms with E-state index in [0.717, 1.165) is 44.8 Å². The maximum Gasteiger partial charge on any atom is 0.410 e. The van der Waals surface area contributed by atoms with Gasteiger partial charge in [-0.05, 0) is 96.8 Å². The molecule has 2 saturated heterocycles.